The van der Waals surface area contributed by atoms with Gasteiger partial charge in [0.1, 0.15) is 18.0 Å². The number of aryl methyl sites for hydroxylation is 1. The summed E-state index contributed by atoms with van der Waals surface area (Å²) in [6.07, 6.45) is 3.90. The van der Waals surface area contributed by atoms with Crippen molar-refractivity contribution < 1.29 is 9.53 Å². The first-order valence-electron chi connectivity index (χ1n) is 9.15. The van der Waals surface area contributed by atoms with Crippen LogP contribution in [-0.2, 0) is 20.2 Å². The van der Waals surface area contributed by atoms with Crippen LogP contribution in [0.3, 0.4) is 0 Å². The van der Waals surface area contributed by atoms with Gasteiger partial charge in [-0.3, -0.25) is 4.79 Å². The number of imidazole rings is 1. The maximum atomic E-state index is 12.4. The molecule has 1 aromatic carbocycles. The van der Waals surface area contributed by atoms with E-state index in [0.717, 1.165) is 22.7 Å². The lowest BCUT2D eigenvalue weighted by Gasteiger charge is -2.09. The zero-order chi connectivity index (χ0) is 19.5. The van der Waals surface area contributed by atoms with Crippen LogP contribution in [0.2, 0.25) is 0 Å². The second-order valence-corrected chi connectivity index (χ2v) is 6.72. The minimum atomic E-state index is -0.106. The number of ether oxygens (including phenoxy) is 1. The summed E-state index contributed by atoms with van der Waals surface area (Å²) in [5, 5.41) is 2.95. The van der Waals surface area contributed by atoms with Crippen LogP contribution in [0.25, 0.3) is 5.65 Å². The first-order valence-corrected chi connectivity index (χ1v) is 9.15. The van der Waals surface area contributed by atoms with Crippen LogP contribution in [0.1, 0.15) is 27.4 Å². The highest BCUT2D eigenvalue weighted by Gasteiger charge is 2.08. The van der Waals surface area contributed by atoms with Crippen molar-refractivity contribution in [3.63, 3.8) is 0 Å². The van der Waals surface area contributed by atoms with Crippen LogP contribution >= 0.6 is 0 Å². The molecule has 0 bridgehead atoms. The molecule has 3 aromatic heterocycles. The molecule has 1 amide bonds. The number of carbonyl (C=O) groups excluding carboxylic acids is 1. The van der Waals surface area contributed by atoms with Crippen molar-refractivity contribution in [1.82, 2.24) is 19.3 Å². The number of aromatic nitrogens is 3. The molecule has 0 unspecified atom stereocenters. The summed E-state index contributed by atoms with van der Waals surface area (Å²) in [7, 11) is 1.99. The van der Waals surface area contributed by atoms with E-state index in [-0.39, 0.29) is 5.91 Å². The van der Waals surface area contributed by atoms with Gasteiger partial charge in [-0.1, -0.05) is 6.07 Å². The summed E-state index contributed by atoms with van der Waals surface area (Å²) in [5.74, 6) is 0.595. The van der Waals surface area contributed by atoms with E-state index >= 15 is 0 Å². The molecular formula is C22H22N4O2. The smallest absolute Gasteiger partial charge is 0.251 e. The molecule has 0 spiro atoms. The Morgan fingerprint density at radius 2 is 1.93 bits per heavy atom. The van der Waals surface area contributed by atoms with E-state index in [1.54, 1.807) is 24.3 Å². The van der Waals surface area contributed by atoms with Crippen molar-refractivity contribution in [3.8, 4) is 5.75 Å². The highest BCUT2D eigenvalue weighted by molar-refractivity contribution is 5.94. The number of hydrogen-bond acceptors (Lipinski definition) is 3. The van der Waals surface area contributed by atoms with Crippen molar-refractivity contribution in [2.75, 3.05) is 0 Å². The quantitative estimate of drug-likeness (QED) is 0.562. The maximum absolute atomic E-state index is 12.4. The average molecular weight is 374 g/mol. The minimum absolute atomic E-state index is 0.106. The van der Waals surface area contributed by atoms with Gasteiger partial charge in [0.2, 0.25) is 0 Å². The Bertz CT molecular complexity index is 1080. The summed E-state index contributed by atoms with van der Waals surface area (Å²) in [5.41, 5.74) is 4.58. The SMILES string of the molecule is Cc1ccc(CNC(=O)c2ccc(OCc3cn4ccccc4n3)cc2)n1C. The molecule has 0 fully saturated rings. The predicted octanol–water partition coefficient (Wildman–Crippen LogP) is 3.49. The van der Waals surface area contributed by atoms with Crippen molar-refractivity contribution in [2.45, 2.75) is 20.1 Å². The Morgan fingerprint density at radius 3 is 2.64 bits per heavy atom. The van der Waals surface area contributed by atoms with Crippen LogP contribution in [0.5, 0.6) is 5.75 Å². The largest absolute Gasteiger partial charge is 0.487 e. The third-order valence-electron chi connectivity index (χ3n) is 4.82. The lowest BCUT2D eigenvalue weighted by atomic mass is 10.2. The molecule has 0 radical (unpaired) electrons. The second kappa shape index (κ2) is 7.60. The Hall–Kier alpha value is -3.54. The Morgan fingerprint density at radius 1 is 1.11 bits per heavy atom. The first kappa shape index (κ1) is 17.9. The van der Waals surface area contributed by atoms with Crippen LogP contribution in [0.4, 0.5) is 0 Å². The summed E-state index contributed by atoms with van der Waals surface area (Å²) >= 11 is 0. The van der Waals surface area contributed by atoms with Gasteiger partial charge in [-0.25, -0.2) is 4.98 Å². The fraction of sp³-hybridized carbons (Fsp3) is 0.182. The molecule has 4 aromatic rings. The maximum Gasteiger partial charge on any atom is 0.251 e. The molecule has 0 aliphatic carbocycles. The summed E-state index contributed by atoms with van der Waals surface area (Å²) in [6.45, 7) is 2.91. The van der Waals surface area contributed by atoms with E-state index in [2.05, 4.69) is 14.9 Å². The Balaban J connectivity index is 1.33. The van der Waals surface area contributed by atoms with Gasteiger partial charge < -0.3 is 19.0 Å². The lowest BCUT2D eigenvalue weighted by molar-refractivity contribution is 0.0950. The van der Waals surface area contributed by atoms with Gasteiger partial charge >= 0.3 is 0 Å². The van der Waals surface area contributed by atoms with Crippen LogP contribution < -0.4 is 10.1 Å². The van der Waals surface area contributed by atoms with E-state index in [9.17, 15) is 4.79 Å². The normalized spacial score (nSPS) is 10.9. The molecule has 0 aliphatic rings. The molecule has 4 rings (SSSR count). The second-order valence-electron chi connectivity index (χ2n) is 6.72. The number of rotatable bonds is 6. The Kier molecular flexibility index (Phi) is 4.85. The number of fused-ring (bicyclic) bond motifs is 1. The molecule has 0 atom stereocenters. The van der Waals surface area contributed by atoms with Gasteiger partial charge in [0.25, 0.3) is 5.91 Å². The molecule has 3 heterocycles. The first-order chi connectivity index (χ1) is 13.6. The minimum Gasteiger partial charge on any atom is -0.487 e. The van der Waals surface area contributed by atoms with E-state index in [1.165, 1.54) is 0 Å². The molecule has 0 aliphatic heterocycles. The van der Waals surface area contributed by atoms with Gasteiger partial charge in [-0.15, -0.1) is 0 Å². The predicted molar refractivity (Wildman–Crippen MR) is 107 cm³/mol. The number of carbonyl (C=O) groups is 1. The van der Waals surface area contributed by atoms with Crippen molar-refractivity contribution in [1.29, 1.82) is 0 Å². The van der Waals surface area contributed by atoms with Crippen molar-refractivity contribution >= 4 is 11.6 Å². The topological polar surface area (TPSA) is 60.6 Å². The zero-order valence-corrected chi connectivity index (χ0v) is 15.9. The zero-order valence-electron chi connectivity index (χ0n) is 15.9. The molecule has 142 valence electrons. The molecule has 6 heteroatoms. The average Bonchev–Trinajstić information content (AvgIpc) is 3.28. The van der Waals surface area contributed by atoms with Crippen LogP contribution in [0, 0.1) is 6.92 Å². The summed E-state index contributed by atoms with van der Waals surface area (Å²) < 4.78 is 9.82. The molecule has 28 heavy (non-hydrogen) atoms. The molecular weight excluding hydrogens is 352 g/mol. The number of benzene rings is 1. The van der Waals surface area contributed by atoms with E-state index in [0.29, 0.717) is 24.5 Å². The highest BCUT2D eigenvalue weighted by atomic mass is 16.5. The summed E-state index contributed by atoms with van der Waals surface area (Å²) in [6, 6.07) is 17.1. The van der Waals surface area contributed by atoms with Gasteiger partial charge in [-0.05, 0) is 55.5 Å². The van der Waals surface area contributed by atoms with Gasteiger partial charge in [-0.2, -0.15) is 0 Å². The number of hydrogen-bond donors (Lipinski definition) is 1. The number of pyridine rings is 1. The van der Waals surface area contributed by atoms with Gasteiger partial charge in [0.15, 0.2) is 0 Å². The Labute approximate surface area is 163 Å². The fourth-order valence-electron chi connectivity index (χ4n) is 3.03. The number of nitrogens with one attached hydrogen (secondary N) is 1. The van der Waals surface area contributed by atoms with E-state index < -0.39 is 0 Å². The summed E-state index contributed by atoms with van der Waals surface area (Å²) in [4.78, 5) is 16.9. The highest BCUT2D eigenvalue weighted by Crippen LogP contribution is 2.15. The van der Waals surface area contributed by atoms with Crippen molar-refractivity contribution in [2.24, 2.45) is 7.05 Å². The third-order valence-corrected chi connectivity index (χ3v) is 4.82. The van der Waals surface area contributed by atoms with Gasteiger partial charge in [0, 0.05) is 36.4 Å². The number of amides is 1. The van der Waals surface area contributed by atoms with Crippen LogP contribution in [0.15, 0.2) is 67.0 Å². The molecule has 1 N–H and O–H groups in total. The van der Waals surface area contributed by atoms with E-state index in [4.69, 9.17) is 4.74 Å². The lowest BCUT2D eigenvalue weighted by Crippen LogP contribution is -2.23. The molecule has 0 saturated carbocycles. The fourth-order valence-corrected chi connectivity index (χ4v) is 3.03. The monoisotopic (exact) mass is 374 g/mol. The van der Waals surface area contributed by atoms with Crippen molar-refractivity contribution in [3.05, 3.63) is 89.6 Å². The third kappa shape index (κ3) is 3.76. The standard InChI is InChI=1S/C22H22N4O2/c1-16-6-9-19(25(16)2)13-23-22(27)17-7-10-20(11-8-17)28-15-18-14-26-12-4-3-5-21(26)24-18/h3-12,14H,13,15H2,1-2H3,(H,23,27). The molecule has 0 saturated heterocycles. The van der Waals surface area contributed by atoms with Gasteiger partial charge in [0.05, 0.1) is 12.2 Å². The van der Waals surface area contributed by atoms with Crippen LogP contribution in [-0.4, -0.2) is 19.9 Å². The number of nitrogens with zero attached hydrogens (tertiary/aromatic N) is 3. The van der Waals surface area contributed by atoms with E-state index in [1.807, 2.05) is 61.1 Å². The molecule has 6 nitrogen and oxygen atoms in total.